The molecule has 0 saturated heterocycles. The summed E-state index contributed by atoms with van der Waals surface area (Å²) in [6.45, 7) is 1.49. The monoisotopic (exact) mass is 418 g/mol. The summed E-state index contributed by atoms with van der Waals surface area (Å²) in [5, 5.41) is -0.267. The van der Waals surface area contributed by atoms with Gasteiger partial charge >= 0.3 is 5.51 Å². The van der Waals surface area contributed by atoms with Crippen molar-refractivity contribution >= 4 is 27.2 Å². The first kappa shape index (κ1) is 19.4. The Kier molecular flexibility index (Phi) is 5.04. The zero-order chi connectivity index (χ0) is 19.8. The zero-order valence-corrected chi connectivity index (χ0v) is 15.7. The van der Waals surface area contributed by atoms with E-state index in [4.69, 9.17) is 4.74 Å². The molecule has 0 saturated carbocycles. The van der Waals surface area contributed by atoms with Gasteiger partial charge in [-0.3, -0.25) is 4.40 Å². The molecular weight excluding hydrogens is 405 g/mol. The highest BCUT2D eigenvalue weighted by Crippen LogP contribution is 2.36. The largest absolute Gasteiger partial charge is 0.495 e. The number of imidazole rings is 1. The van der Waals surface area contributed by atoms with Crippen molar-refractivity contribution in [2.75, 3.05) is 12.9 Å². The summed E-state index contributed by atoms with van der Waals surface area (Å²) in [4.78, 5) is 12.0. The molecule has 3 heterocycles. The van der Waals surface area contributed by atoms with E-state index in [1.165, 1.54) is 49.3 Å². The van der Waals surface area contributed by atoms with Gasteiger partial charge in [-0.15, -0.1) is 0 Å². The lowest BCUT2D eigenvalue weighted by Crippen LogP contribution is -2.07. The maximum atomic E-state index is 12.5. The second kappa shape index (κ2) is 7.00. The Morgan fingerprint density at radius 3 is 2.63 bits per heavy atom. The second-order valence-electron chi connectivity index (χ2n) is 5.29. The number of pyridine rings is 1. The van der Waals surface area contributed by atoms with Gasteiger partial charge < -0.3 is 4.74 Å². The maximum Gasteiger partial charge on any atom is 0.447 e. The van der Waals surface area contributed by atoms with Crippen molar-refractivity contribution in [1.29, 1.82) is 0 Å². The molecule has 27 heavy (non-hydrogen) atoms. The van der Waals surface area contributed by atoms with E-state index in [1.807, 2.05) is 0 Å². The van der Waals surface area contributed by atoms with E-state index in [9.17, 15) is 21.6 Å². The molecule has 0 bridgehead atoms. The Balaban J connectivity index is 2.12. The number of thioether (sulfide) groups is 1. The number of methoxy groups -OCH3 is 1. The SMILES string of the molecule is CCS(=O)(=O)c1cc(OC)cnc1-c1cn2cnc(SC(F)(F)F)cc2n1. The third kappa shape index (κ3) is 4.16. The third-order valence-corrected chi connectivity index (χ3v) is 5.97. The van der Waals surface area contributed by atoms with Crippen LogP contribution in [0, 0.1) is 0 Å². The van der Waals surface area contributed by atoms with Crippen LogP contribution in [0.2, 0.25) is 0 Å². The number of hydrogen-bond donors (Lipinski definition) is 0. The lowest BCUT2D eigenvalue weighted by molar-refractivity contribution is -0.0329. The molecule has 3 rings (SSSR count). The molecule has 0 radical (unpaired) electrons. The highest BCUT2D eigenvalue weighted by atomic mass is 32.2. The summed E-state index contributed by atoms with van der Waals surface area (Å²) in [5.74, 6) is 0.107. The van der Waals surface area contributed by atoms with Gasteiger partial charge in [0.15, 0.2) is 9.84 Å². The second-order valence-corrected chi connectivity index (χ2v) is 8.62. The van der Waals surface area contributed by atoms with Gasteiger partial charge in [0, 0.05) is 30.1 Å². The van der Waals surface area contributed by atoms with E-state index in [1.54, 1.807) is 0 Å². The Hall–Kier alpha value is -2.34. The number of rotatable bonds is 5. The van der Waals surface area contributed by atoms with Crippen LogP contribution in [0.15, 0.2) is 40.8 Å². The number of sulfone groups is 1. The molecule has 144 valence electrons. The van der Waals surface area contributed by atoms with Gasteiger partial charge in [-0.25, -0.2) is 23.4 Å². The van der Waals surface area contributed by atoms with Gasteiger partial charge in [0.05, 0.1) is 24.0 Å². The number of halogens is 3. The molecule has 0 N–H and O–H groups in total. The minimum atomic E-state index is -4.47. The molecule has 0 aliphatic carbocycles. The molecule has 0 aromatic carbocycles. The van der Waals surface area contributed by atoms with Crippen LogP contribution in [0.1, 0.15) is 6.92 Å². The summed E-state index contributed by atoms with van der Waals surface area (Å²) in [5.41, 5.74) is -4.00. The average Bonchev–Trinajstić information content (AvgIpc) is 3.02. The first-order chi connectivity index (χ1) is 12.6. The van der Waals surface area contributed by atoms with Crippen molar-refractivity contribution in [3.8, 4) is 17.1 Å². The normalized spacial score (nSPS) is 12.5. The number of nitrogens with zero attached hydrogens (tertiary/aromatic N) is 4. The van der Waals surface area contributed by atoms with E-state index < -0.39 is 15.3 Å². The van der Waals surface area contributed by atoms with Crippen molar-refractivity contribution in [2.24, 2.45) is 0 Å². The van der Waals surface area contributed by atoms with Crippen LogP contribution in [-0.2, 0) is 9.84 Å². The smallest absolute Gasteiger partial charge is 0.447 e. The molecule has 3 aromatic rings. The molecular formula is C15H13F3N4O3S2. The third-order valence-electron chi connectivity index (χ3n) is 3.56. The fourth-order valence-electron chi connectivity index (χ4n) is 2.29. The van der Waals surface area contributed by atoms with Crippen molar-refractivity contribution in [3.05, 3.63) is 30.9 Å². The first-order valence-electron chi connectivity index (χ1n) is 7.50. The molecule has 0 aliphatic rings. The minimum Gasteiger partial charge on any atom is -0.495 e. The molecule has 0 fully saturated rings. The van der Waals surface area contributed by atoms with Gasteiger partial charge in [-0.2, -0.15) is 13.2 Å². The molecule has 0 spiro atoms. The van der Waals surface area contributed by atoms with E-state index >= 15 is 0 Å². The fourth-order valence-corrected chi connectivity index (χ4v) is 3.85. The van der Waals surface area contributed by atoms with Crippen molar-refractivity contribution in [3.63, 3.8) is 0 Å². The Morgan fingerprint density at radius 1 is 1.26 bits per heavy atom. The summed E-state index contributed by atoms with van der Waals surface area (Å²) < 4.78 is 68.8. The molecule has 3 aromatic heterocycles. The predicted molar refractivity (Wildman–Crippen MR) is 92.4 cm³/mol. The van der Waals surface area contributed by atoms with Gasteiger partial charge in [0.1, 0.15) is 34.1 Å². The quantitative estimate of drug-likeness (QED) is 0.465. The lowest BCUT2D eigenvalue weighted by atomic mass is 10.3. The van der Waals surface area contributed by atoms with Gasteiger partial charge in [0.2, 0.25) is 0 Å². The highest BCUT2D eigenvalue weighted by Gasteiger charge is 2.30. The molecule has 0 unspecified atom stereocenters. The van der Waals surface area contributed by atoms with Crippen LogP contribution >= 0.6 is 11.8 Å². The molecule has 0 atom stereocenters. The molecule has 12 heteroatoms. The van der Waals surface area contributed by atoms with Crippen LogP contribution in [0.3, 0.4) is 0 Å². The average molecular weight is 418 g/mol. The Labute approximate surface area is 156 Å². The van der Waals surface area contributed by atoms with Crippen molar-refractivity contribution in [1.82, 2.24) is 19.4 Å². The van der Waals surface area contributed by atoms with E-state index in [2.05, 4.69) is 15.0 Å². The van der Waals surface area contributed by atoms with Crippen LogP contribution in [0.4, 0.5) is 13.2 Å². The summed E-state index contributed by atoms with van der Waals surface area (Å²) in [7, 11) is -2.26. The maximum absolute atomic E-state index is 12.5. The number of fused-ring (bicyclic) bond motifs is 1. The van der Waals surface area contributed by atoms with E-state index in [-0.39, 0.29) is 50.2 Å². The highest BCUT2D eigenvalue weighted by molar-refractivity contribution is 8.00. The number of aromatic nitrogens is 4. The predicted octanol–water partition coefficient (Wildman–Crippen LogP) is 3.21. The topological polar surface area (TPSA) is 86.5 Å². The van der Waals surface area contributed by atoms with Crippen molar-refractivity contribution in [2.45, 2.75) is 22.4 Å². The molecule has 0 amide bonds. The standard InChI is InChI=1S/C15H13F3N4O3S2/c1-3-27(23,24)11-4-9(25-2)6-19-14(11)10-7-22-8-20-13(5-12(22)21-10)26-15(16,17)18/h4-8H,3H2,1-2H3. The molecule has 0 aliphatic heterocycles. The lowest BCUT2D eigenvalue weighted by Gasteiger charge is -2.08. The van der Waals surface area contributed by atoms with Crippen LogP contribution in [0.5, 0.6) is 5.75 Å². The zero-order valence-electron chi connectivity index (χ0n) is 14.1. The summed E-state index contributed by atoms with van der Waals surface area (Å²) >= 11 is -0.356. The number of hydrogen-bond acceptors (Lipinski definition) is 7. The fraction of sp³-hybridized carbons (Fsp3) is 0.267. The Bertz CT molecular complexity index is 1100. The summed E-state index contributed by atoms with van der Waals surface area (Å²) in [6, 6.07) is 2.51. The van der Waals surface area contributed by atoms with E-state index in [0.717, 1.165) is 0 Å². The number of alkyl halides is 3. The van der Waals surface area contributed by atoms with Gasteiger partial charge in [-0.1, -0.05) is 6.92 Å². The van der Waals surface area contributed by atoms with Gasteiger partial charge in [0.25, 0.3) is 0 Å². The Morgan fingerprint density at radius 2 is 2.00 bits per heavy atom. The summed E-state index contributed by atoms with van der Waals surface area (Å²) in [6.07, 6.45) is 3.97. The van der Waals surface area contributed by atoms with Crippen LogP contribution < -0.4 is 4.74 Å². The van der Waals surface area contributed by atoms with Crippen LogP contribution in [0.25, 0.3) is 17.0 Å². The van der Waals surface area contributed by atoms with Gasteiger partial charge in [-0.05, 0) is 0 Å². The van der Waals surface area contributed by atoms with Crippen molar-refractivity contribution < 1.29 is 26.3 Å². The first-order valence-corrected chi connectivity index (χ1v) is 9.97. The molecule has 7 nitrogen and oxygen atoms in total. The van der Waals surface area contributed by atoms with E-state index in [0.29, 0.717) is 0 Å². The minimum absolute atomic E-state index is 0.0643. The van der Waals surface area contributed by atoms with Crippen LogP contribution in [-0.4, -0.2) is 46.1 Å². The number of ether oxygens (including phenoxy) is 1.